The van der Waals surface area contributed by atoms with Crippen LogP contribution in [0.15, 0.2) is 67.4 Å². The summed E-state index contributed by atoms with van der Waals surface area (Å²) in [6, 6.07) is 15.4. The van der Waals surface area contributed by atoms with E-state index < -0.39 is 0 Å². The highest BCUT2D eigenvalue weighted by Gasteiger charge is 1.96. The highest BCUT2D eigenvalue weighted by molar-refractivity contribution is 5.94. The van der Waals surface area contributed by atoms with Crippen molar-refractivity contribution >= 4 is 23.2 Å². The maximum absolute atomic E-state index is 10.8. The summed E-state index contributed by atoms with van der Waals surface area (Å²) in [6.07, 6.45) is 1.82. The molecule has 2 aromatic rings. The van der Waals surface area contributed by atoms with E-state index in [-0.39, 0.29) is 5.78 Å². The first-order chi connectivity index (χ1) is 11.0. The third-order valence-electron chi connectivity index (χ3n) is 3.08. The number of Topliss-reactive ketones (excluding diaryl/α,β-unsaturated/α-hetero) is 1. The molecule has 0 radical (unpaired) electrons. The van der Waals surface area contributed by atoms with E-state index in [1.54, 1.807) is 6.92 Å². The van der Waals surface area contributed by atoms with Gasteiger partial charge in [0.15, 0.2) is 5.78 Å². The van der Waals surface area contributed by atoms with E-state index in [4.69, 9.17) is 0 Å². The lowest BCUT2D eigenvalue weighted by atomic mass is 10.1. The van der Waals surface area contributed by atoms with Crippen molar-refractivity contribution in [1.82, 2.24) is 0 Å². The van der Waals surface area contributed by atoms with Crippen LogP contribution in [-0.2, 0) is 0 Å². The van der Waals surface area contributed by atoms with Crippen LogP contribution in [0.1, 0.15) is 29.8 Å². The Balaban J connectivity index is 0.000000231. The first-order valence-electron chi connectivity index (χ1n) is 7.40. The molecule has 2 aromatic carbocycles. The summed E-state index contributed by atoms with van der Waals surface area (Å²) in [5, 5.41) is 6.11. The predicted molar refractivity (Wildman–Crippen MR) is 101 cm³/mol. The summed E-state index contributed by atoms with van der Waals surface area (Å²) in [5.74, 6) is 0.104. The van der Waals surface area contributed by atoms with E-state index in [1.807, 2.05) is 68.6 Å². The van der Waals surface area contributed by atoms with E-state index in [0.29, 0.717) is 0 Å². The molecule has 0 aliphatic carbocycles. The van der Waals surface area contributed by atoms with Crippen LogP contribution in [0.4, 0.5) is 11.4 Å². The maximum Gasteiger partial charge on any atom is 0.159 e. The van der Waals surface area contributed by atoms with Gasteiger partial charge < -0.3 is 10.6 Å². The second-order valence-corrected chi connectivity index (χ2v) is 5.11. The topological polar surface area (TPSA) is 41.1 Å². The van der Waals surface area contributed by atoms with Gasteiger partial charge in [-0.2, -0.15) is 0 Å². The lowest BCUT2D eigenvalue weighted by Crippen LogP contribution is -1.92. The molecule has 2 rings (SSSR count). The van der Waals surface area contributed by atoms with Gasteiger partial charge >= 0.3 is 0 Å². The molecule has 0 saturated heterocycles. The summed E-state index contributed by atoms with van der Waals surface area (Å²) in [7, 11) is 1.85. The molecule has 0 heterocycles. The molecule has 3 heteroatoms. The summed E-state index contributed by atoms with van der Waals surface area (Å²) < 4.78 is 0. The average molecular weight is 308 g/mol. The Bertz CT molecular complexity index is 655. The first kappa shape index (κ1) is 18.2. The van der Waals surface area contributed by atoms with Gasteiger partial charge in [0.1, 0.15) is 0 Å². The fourth-order valence-corrected chi connectivity index (χ4v) is 1.82. The number of ketones is 1. The number of nitrogens with one attached hydrogen (secondary N) is 2. The Hall–Kier alpha value is -2.81. The second-order valence-electron chi connectivity index (χ2n) is 5.11. The molecule has 0 fully saturated rings. The van der Waals surface area contributed by atoms with Crippen LogP contribution in [0, 0.1) is 0 Å². The van der Waals surface area contributed by atoms with Gasteiger partial charge in [0.25, 0.3) is 0 Å². The Morgan fingerprint density at radius 1 is 0.957 bits per heavy atom. The molecule has 0 amide bonds. The molecule has 2 N–H and O–H groups in total. The van der Waals surface area contributed by atoms with Crippen LogP contribution in [0.3, 0.4) is 0 Å². The number of carbonyl (C=O) groups excluding carboxylic acids is 1. The first-order valence-corrected chi connectivity index (χ1v) is 7.40. The fraction of sp³-hybridized carbons (Fsp3) is 0.150. The number of allylic oxidation sites excluding steroid dienone is 1. The molecule has 0 saturated carbocycles. The van der Waals surface area contributed by atoms with Crippen LogP contribution in [0.5, 0.6) is 0 Å². The summed E-state index contributed by atoms with van der Waals surface area (Å²) >= 11 is 0. The van der Waals surface area contributed by atoms with Gasteiger partial charge in [-0.05, 0) is 55.8 Å². The number of benzene rings is 2. The smallest absolute Gasteiger partial charge is 0.159 e. The van der Waals surface area contributed by atoms with E-state index in [9.17, 15) is 4.79 Å². The molecule has 0 unspecified atom stereocenters. The van der Waals surface area contributed by atoms with Gasteiger partial charge in [-0.25, -0.2) is 0 Å². The molecule has 120 valence electrons. The van der Waals surface area contributed by atoms with Gasteiger partial charge in [0.2, 0.25) is 0 Å². The van der Waals surface area contributed by atoms with Crippen molar-refractivity contribution in [3.8, 4) is 0 Å². The van der Waals surface area contributed by atoms with Crippen LogP contribution >= 0.6 is 0 Å². The molecule has 0 aliphatic heterocycles. The van der Waals surface area contributed by atoms with Crippen molar-refractivity contribution in [2.45, 2.75) is 13.8 Å². The molecule has 0 bridgehead atoms. The summed E-state index contributed by atoms with van der Waals surface area (Å²) in [4.78, 5) is 10.8. The van der Waals surface area contributed by atoms with Crippen LogP contribution < -0.4 is 10.6 Å². The normalized spacial score (nSPS) is 9.17. The minimum Gasteiger partial charge on any atom is -0.388 e. The van der Waals surface area contributed by atoms with Crippen molar-refractivity contribution in [3.05, 3.63) is 78.5 Å². The van der Waals surface area contributed by atoms with Gasteiger partial charge in [-0.1, -0.05) is 31.4 Å². The van der Waals surface area contributed by atoms with E-state index >= 15 is 0 Å². The minimum atomic E-state index is 0.104. The fourth-order valence-electron chi connectivity index (χ4n) is 1.82. The van der Waals surface area contributed by atoms with Gasteiger partial charge in [-0.3, -0.25) is 4.79 Å². The quantitative estimate of drug-likeness (QED) is 0.745. The Morgan fingerprint density at radius 2 is 1.48 bits per heavy atom. The van der Waals surface area contributed by atoms with Crippen LogP contribution in [0.2, 0.25) is 0 Å². The van der Waals surface area contributed by atoms with E-state index in [2.05, 4.69) is 23.8 Å². The third kappa shape index (κ3) is 6.66. The van der Waals surface area contributed by atoms with E-state index in [1.165, 1.54) is 0 Å². The molecule has 0 aliphatic rings. The Kier molecular flexibility index (Phi) is 7.34. The van der Waals surface area contributed by atoms with Gasteiger partial charge in [0, 0.05) is 29.7 Å². The van der Waals surface area contributed by atoms with Crippen molar-refractivity contribution in [2.75, 3.05) is 17.7 Å². The average Bonchev–Trinajstić information content (AvgIpc) is 2.55. The monoisotopic (exact) mass is 308 g/mol. The predicted octanol–water partition coefficient (Wildman–Crippen LogP) is 5.21. The highest BCUT2D eigenvalue weighted by atomic mass is 16.1. The number of carbonyl (C=O) groups is 1. The number of hydrogen-bond donors (Lipinski definition) is 2. The Morgan fingerprint density at radius 3 is 1.87 bits per heavy atom. The zero-order valence-corrected chi connectivity index (χ0v) is 14.0. The molecular weight excluding hydrogens is 284 g/mol. The standard InChI is InChI=1S/C11H13N.C9H11NO/c1-4-10-5-7-11(8-6-10)12-9(2)3;1-7(11)8-3-5-9(10-2)6-4-8/h4-8,12H,1-2H2,3H3;3-6,10H,1-2H3. The molecule has 0 aromatic heterocycles. The SMILES string of the molecule is C=Cc1ccc(NC(=C)C)cc1.CNc1ccc(C(C)=O)cc1. The number of anilines is 2. The van der Waals surface area contributed by atoms with Gasteiger partial charge in [0.05, 0.1) is 0 Å². The lowest BCUT2D eigenvalue weighted by Gasteiger charge is -2.04. The summed E-state index contributed by atoms with van der Waals surface area (Å²) in [6.45, 7) is 10.9. The molecular formula is C20H24N2O. The third-order valence-corrected chi connectivity index (χ3v) is 3.08. The zero-order valence-electron chi connectivity index (χ0n) is 14.0. The molecule has 23 heavy (non-hydrogen) atoms. The maximum atomic E-state index is 10.8. The molecule has 0 spiro atoms. The van der Waals surface area contributed by atoms with Crippen molar-refractivity contribution in [1.29, 1.82) is 0 Å². The lowest BCUT2D eigenvalue weighted by molar-refractivity contribution is 0.101. The Labute approximate surface area is 138 Å². The highest BCUT2D eigenvalue weighted by Crippen LogP contribution is 2.11. The molecule has 3 nitrogen and oxygen atoms in total. The minimum absolute atomic E-state index is 0.104. The van der Waals surface area contributed by atoms with Crippen LogP contribution in [-0.4, -0.2) is 12.8 Å². The van der Waals surface area contributed by atoms with Crippen molar-refractivity contribution in [2.24, 2.45) is 0 Å². The number of rotatable bonds is 5. The van der Waals surface area contributed by atoms with E-state index in [0.717, 1.165) is 28.2 Å². The molecule has 0 atom stereocenters. The van der Waals surface area contributed by atoms with Crippen molar-refractivity contribution in [3.63, 3.8) is 0 Å². The largest absolute Gasteiger partial charge is 0.388 e. The number of hydrogen-bond acceptors (Lipinski definition) is 3. The van der Waals surface area contributed by atoms with Crippen LogP contribution in [0.25, 0.3) is 6.08 Å². The zero-order chi connectivity index (χ0) is 17.2. The van der Waals surface area contributed by atoms with Gasteiger partial charge in [-0.15, -0.1) is 0 Å². The second kappa shape index (κ2) is 9.26. The summed E-state index contributed by atoms with van der Waals surface area (Å²) in [5.41, 5.74) is 4.91. The van der Waals surface area contributed by atoms with Crippen molar-refractivity contribution < 1.29 is 4.79 Å².